The molecule has 1 aromatic rings. The quantitative estimate of drug-likeness (QED) is 0.747. The van der Waals surface area contributed by atoms with Crippen molar-refractivity contribution in [3.8, 4) is 0 Å². The molecule has 0 amide bonds. The first kappa shape index (κ1) is 13.5. The van der Waals surface area contributed by atoms with E-state index in [1.54, 1.807) is 19.9 Å². The number of carboxylic acid groups (broad SMARTS) is 1. The van der Waals surface area contributed by atoms with Gasteiger partial charge in [-0.3, -0.25) is 4.72 Å². The fraction of sp³-hybridized carbons (Fsp3) is 0.300. The van der Waals surface area contributed by atoms with Crippen LogP contribution in [0.25, 0.3) is 0 Å². The van der Waals surface area contributed by atoms with Gasteiger partial charge in [0.05, 0.1) is 11.3 Å². The Morgan fingerprint density at radius 3 is 2.35 bits per heavy atom. The smallest absolute Gasteiger partial charge is 0.336 e. The number of carbonyl (C=O) groups is 1. The molecule has 0 atom stereocenters. The molecule has 0 saturated carbocycles. The maximum atomic E-state index is 11.3. The lowest BCUT2D eigenvalue weighted by molar-refractivity contribution is 0.0696. The van der Waals surface area contributed by atoms with Gasteiger partial charge in [0.1, 0.15) is 0 Å². The molecule has 1 aromatic carbocycles. The summed E-state index contributed by atoms with van der Waals surface area (Å²) in [6.07, 6.45) is 0. The summed E-state index contributed by atoms with van der Waals surface area (Å²) in [6.45, 7) is 3.40. The third kappa shape index (κ3) is 3.18. The van der Waals surface area contributed by atoms with Crippen LogP contribution in [0.15, 0.2) is 12.1 Å². The first-order chi connectivity index (χ1) is 7.76. The summed E-state index contributed by atoms with van der Waals surface area (Å²) in [5.41, 5.74) is 1.63. The van der Waals surface area contributed by atoms with Crippen LogP contribution in [-0.2, 0) is 10.2 Å². The molecule has 0 saturated heterocycles. The Bertz CT molecular complexity index is 552. The highest BCUT2D eigenvalue weighted by Gasteiger charge is 2.13. The fourth-order valence-corrected chi connectivity index (χ4v) is 1.88. The molecule has 0 bridgehead atoms. The number of hydrogen-bond donors (Lipinski definition) is 3. The highest BCUT2D eigenvalue weighted by Crippen LogP contribution is 2.20. The van der Waals surface area contributed by atoms with E-state index in [-0.39, 0.29) is 11.3 Å². The average molecular weight is 258 g/mol. The van der Waals surface area contributed by atoms with Crippen LogP contribution in [0.2, 0.25) is 0 Å². The lowest BCUT2D eigenvalue weighted by Crippen LogP contribution is -2.26. The first-order valence-electron chi connectivity index (χ1n) is 4.82. The van der Waals surface area contributed by atoms with E-state index in [0.717, 1.165) is 0 Å². The predicted octanol–water partition coefficient (Wildman–Crippen LogP) is 0.878. The molecule has 3 N–H and O–H groups in total. The predicted molar refractivity (Wildman–Crippen MR) is 64.5 cm³/mol. The van der Waals surface area contributed by atoms with Gasteiger partial charge >= 0.3 is 5.97 Å². The van der Waals surface area contributed by atoms with Gasteiger partial charge in [-0.15, -0.1) is 0 Å². The van der Waals surface area contributed by atoms with Crippen molar-refractivity contribution in [2.75, 3.05) is 11.8 Å². The molecular weight excluding hydrogens is 244 g/mol. The van der Waals surface area contributed by atoms with Crippen LogP contribution in [0.1, 0.15) is 21.5 Å². The number of nitrogens with one attached hydrogen (secondary N) is 2. The summed E-state index contributed by atoms with van der Waals surface area (Å²) in [5.74, 6) is -1.09. The molecule has 7 heteroatoms. The molecule has 0 unspecified atom stereocenters. The Kier molecular flexibility index (Phi) is 3.74. The molecule has 6 nitrogen and oxygen atoms in total. The summed E-state index contributed by atoms with van der Waals surface area (Å²) in [6, 6.07) is 2.87. The molecule has 0 heterocycles. The van der Waals surface area contributed by atoms with Gasteiger partial charge in [0.2, 0.25) is 0 Å². The van der Waals surface area contributed by atoms with E-state index in [0.29, 0.717) is 11.1 Å². The lowest BCUT2D eigenvalue weighted by Gasteiger charge is -2.11. The van der Waals surface area contributed by atoms with Crippen LogP contribution in [0.5, 0.6) is 0 Å². The maximum absolute atomic E-state index is 11.3. The zero-order valence-electron chi connectivity index (χ0n) is 9.73. The Morgan fingerprint density at radius 2 is 1.88 bits per heavy atom. The summed E-state index contributed by atoms with van der Waals surface area (Å²) < 4.78 is 26.9. The van der Waals surface area contributed by atoms with Gasteiger partial charge in [0.15, 0.2) is 0 Å². The molecule has 1 rings (SSSR count). The van der Waals surface area contributed by atoms with Crippen molar-refractivity contribution in [3.63, 3.8) is 0 Å². The Labute approximate surface area is 99.8 Å². The number of carboxylic acids is 1. The molecule has 0 aliphatic rings. The van der Waals surface area contributed by atoms with Gasteiger partial charge in [0, 0.05) is 7.05 Å². The molecule has 94 valence electrons. The fourth-order valence-electron chi connectivity index (χ4n) is 1.35. The SMILES string of the molecule is CNS(=O)(=O)Nc1cc(C)c(C)c(C(=O)O)c1. The largest absolute Gasteiger partial charge is 0.478 e. The maximum Gasteiger partial charge on any atom is 0.336 e. The molecule has 0 radical (unpaired) electrons. The second kappa shape index (κ2) is 4.72. The second-order valence-corrected chi connectivity index (χ2v) is 5.20. The first-order valence-corrected chi connectivity index (χ1v) is 6.31. The summed E-state index contributed by atoms with van der Waals surface area (Å²) in [5, 5.41) is 8.98. The highest BCUT2D eigenvalue weighted by molar-refractivity contribution is 7.90. The van der Waals surface area contributed by atoms with Crippen molar-refractivity contribution >= 4 is 21.9 Å². The van der Waals surface area contributed by atoms with E-state index in [1.807, 2.05) is 0 Å². The monoisotopic (exact) mass is 258 g/mol. The topological polar surface area (TPSA) is 95.5 Å². The normalized spacial score (nSPS) is 11.2. The summed E-state index contributed by atoms with van der Waals surface area (Å²) in [4.78, 5) is 11.0. The standard InChI is InChI=1S/C10H14N2O4S/c1-6-4-8(12-17(15,16)11-3)5-9(7(6)2)10(13)14/h4-5,11-12H,1-3H3,(H,13,14). The van der Waals surface area contributed by atoms with E-state index >= 15 is 0 Å². The molecule has 0 aliphatic carbocycles. The Hall–Kier alpha value is -1.60. The Morgan fingerprint density at radius 1 is 1.29 bits per heavy atom. The number of rotatable bonds is 4. The van der Waals surface area contributed by atoms with Gasteiger partial charge in [0.25, 0.3) is 10.2 Å². The van der Waals surface area contributed by atoms with E-state index < -0.39 is 16.2 Å². The van der Waals surface area contributed by atoms with Crippen LogP contribution in [0.4, 0.5) is 5.69 Å². The van der Waals surface area contributed by atoms with Crippen molar-refractivity contribution in [1.29, 1.82) is 0 Å². The number of benzene rings is 1. The van der Waals surface area contributed by atoms with Crippen LogP contribution in [-0.4, -0.2) is 26.5 Å². The zero-order chi connectivity index (χ0) is 13.2. The minimum absolute atomic E-state index is 0.0822. The van der Waals surface area contributed by atoms with E-state index in [4.69, 9.17) is 5.11 Å². The van der Waals surface area contributed by atoms with Crippen molar-refractivity contribution < 1.29 is 18.3 Å². The zero-order valence-corrected chi connectivity index (χ0v) is 10.6. The van der Waals surface area contributed by atoms with Crippen LogP contribution >= 0.6 is 0 Å². The minimum Gasteiger partial charge on any atom is -0.478 e. The average Bonchev–Trinajstić information content (AvgIpc) is 2.22. The van der Waals surface area contributed by atoms with Gasteiger partial charge in [-0.2, -0.15) is 8.42 Å². The third-order valence-corrected chi connectivity index (χ3v) is 3.46. The van der Waals surface area contributed by atoms with Crippen molar-refractivity contribution in [3.05, 3.63) is 28.8 Å². The lowest BCUT2D eigenvalue weighted by atomic mass is 10.0. The van der Waals surface area contributed by atoms with Crippen molar-refractivity contribution in [2.24, 2.45) is 0 Å². The van der Waals surface area contributed by atoms with Gasteiger partial charge in [-0.05, 0) is 37.1 Å². The summed E-state index contributed by atoms with van der Waals surface area (Å²) in [7, 11) is -2.37. The number of aromatic carboxylic acids is 1. The highest BCUT2D eigenvalue weighted by atomic mass is 32.2. The second-order valence-electron chi connectivity index (χ2n) is 3.58. The molecule has 0 fully saturated rings. The van der Waals surface area contributed by atoms with E-state index in [9.17, 15) is 13.2 Å². The number of anilines is 1. The van der Waals surface area contributed by atoms with Gasteiger partial charge in [-0.1, -0.05) is 0 Å². The molecule has 17 heavy (non-hydrogen) atoms. The number of hydrogen-bond acceptors (Lipinski definition) is 3. The van der Waals surface area contributed by atoms with E-state index in [1.165, 1.54) is 13.1 Å². The molecule has 0 aliphatic heterocycles. The van der Waals surface area contributed by atoms with Crippen LogP contribution in [0.3, 0.4) is 0 Å². The van der Waals surface area contributed by atoms with Crippen LogP contribution < -0.4 is 9.44 Å². The summed E-state index contributed by atoms with van der Waals surface area (Å²) >= 11 is 0. The third-order valence-electron chi connectivity index (χ3n) is 2.42. The molecule has 0 aromatic heterocycles. The van der Waals surface area contributed by atoms with E-state index in [2.05, 4.69) is 9.44 Å². The van der Waals surface area contributed by atoms with Crippen LogP contribution in [0, 0.1) is 13.8 Å². The van der Waals surface area contributed by atoms with Gasteiger partial charge in [-0.25, -0.2) is 9.52 Å². The van der Waals surface area contributed by atoms with Gasteiger partial charge < -0.3 is 5.11 Å². The minimum atomic E-state index is -3.64. The van der Waals surface area contributed by atoms with Crippen molar-refractivity contribution in [1.82, 2.24) is 4.72 Å². The number of aryl methyl sites for hydroxylation is 1. The molecule has 0 spiro atoms. The Balaban J connectivity index is 3.25. The molecular formula is C10H14N2O4S. The van der Waals surface area contributed by atoms with Crippen molar-refractivity contribution in [2.45, 2.75) is 13.8 Å².